The highest BCUT2D eigenvalue weighted by Crippen LogP contribution is 2.34. The van der Waals surface area contributed by atoms with Crippen LogP contribution in [-0.4, -0.2) is 27.8 Å². The van der Waals surface area contributed by atoms with Gasteiger partial charge in [-0.2, -0.15) is 11.8 Å². The molecule has 1 aliphatic heterocycles. The van der Waals surface area contributed by atoms with Gasteiger partial charge in [-0.15, -0.1) is 0 Å². The van der Waals surface area contributed by atoms with Gasteiger partial charge in [0.15, 0.2) is 5.12 Å². The van der Waals surface area contributed by atoms with Crippen molar-refractivity contribution in [1.29, 1.82) is 0 Å². The van der Waals surface area contributed by atoms with E-state index in [1.54, 1.807) is 18.7 Å². The largest absolute Gasteiger partial charge is 0.461 e. The second-order valence-electron chi connectivity index (χ2n) is 5.28. The maximum absolute atomic E-state index is 12.1. The molecule has 5 heteroatoms. The lowest BCUT2D eigenvalue weighted by molar-refractivity contribution is -0.149. The molecule has 1 fully saturated rings. The Morgan fingerprint density at radius 3 is 2.71 bits per heavy atom. The Bertz CT molecular complexity index is 499. The summed E-state index contributed by atoms with van der Waals surface area (Å²) < 4.78 is 5.40. The number of thioether (sulfide) groups is 2. The van der Waals surface area contributed by atoms with E-state index in [-0.39, 0.29) is 17.0 Å². The van der Waals surface area contributed by atoms with Crippen molar-refractivity contribution < 1.29 is 14.3 Å². The number of benzene rings is 1. The predicted molar refractivity (Wildman–Crippen MR) is 88.5 cm³/mol. The molecule has 0 spiro atoms. The van der Waals surface area contributed by atoms with Crippen molar-refractivity contribution >= 4 is 34.6 Å². The minimum absolute atomic E-state index is 0.0296. The number of hydrogen-bond donors (Lipinski definition) is 0. The van der Waals surface area contributed by atoms with Crippen LogP contribution in [0.3, 0.4) is 0 Å². The zero-order valence-corrected chi connectivity index (χ0v) is 14.0. The van der Waals surface area contributed by atoms with E-state index in [2.05, 4.69) is 0 Å². The first-order valence-electron chi connectivity index (χ1n) is 7.01. The molecule has 0 aliphatic carbocycles. The molecule has 1 aliphatic rings. The predicted octanol–water partition coefficient (Wildman–Crippen LogP) is 3.44. The summed E-state index contributed by atoms with van der Waals surface area (Å²) in [4.78, 5) is 23.0. The van der Waals surface area contributed by atoms with Crippen LogP contribution in [0.25, 0.3) is 0 Å². The average molecular weight is 324 g/mol. The van der Waals surface area contributed by atoms with Crippen LogP contribution in [0.15, 0.2) is 24.3 Å². The fraction of sp³-hybridized carbons (Fsp3) is 0.500. The highest BCUT2D eigenvalue weighted by molar-refractivity contribution is 8.14. The highest BCUT2D eigenvalue weighted by Gasteiger charge is 2.31. The molecular formula is C16H20O3S2. The quantitative estimate of drug-likeness (QED) is 0.776. The van der Waals surface area contributed by atoms with Crippen LogP contribution >= 0.6 is 23.5 Å². The summed E-state index contributed by atoms with van der Waals surface area (Å²) in [6.07, 6.45) is 0.817. The Morgan fingerprint density at radius 1 is 1.33 bits per heavy atom. The highest BCUT2D eigenvalue weighted by atomic mass is 32.2. The van der Waals surface area contributed by atoms with Gasteiger partial charge < -0.3 is 4.74 Å². The Morgan fingerprint density at radius 2 is 2.05 bits per heavy atom. The molecule has 0 N–H and O–H groups in total. The van der Waals surface area contributed by atoms with Crippen LogP contribution in [0.1, 0.15) is 24.5 Å². The minimum Gasteiger partial charge on any atom is -0.461 e. The lowest BCUT2D eigenvalue weighted by atomic mass is 10.1. The van der Waals surface area contributed by atoms with E-state index in [1.165, 1.54) is 17.3 Å². The lowest BCUT2D eigenvalue weighted by Gasteiger charge is -2.10. The van der Waals surface area contributed by atoms with Crippen molar-refractivity contribution in [2.24, 2.45) is 5.92 Å². The van der Waals surface area contributed by atoms with Crippen molar-refractivity contribution in [1.82, 2.24) is 0 Å². The van der Waals surface area contributed by atoms with Gasteiger partial charge in [-0.05, 0) is 18.9 Å². The summed E-state index contributed by atoms with van der Waals surface area (Å²) in [5.41, 5.74) is 2.21. The van der Waals surface area contributed by atoms with E-state index in [0.717, 1.165) is 23.5 Å². The van der Waals surface area contributed by atoms with Crippen molar-refractivity contribution in [3.8, 4) is 0 Å². The fourth-order valence-corrected chi connectivity index (χ4v) is 4.44. The monoisotopic (exact) mass is 324 g/mol. The second kappa shape index (κ2) is 7.90. The maximum Gasteiger partial charge on any atom is 0.310 e. The summed E-state index contributed by atoms with van der Waals surface area (Å²) in [6, 6.07) is 8.00. The lowest BCUT2D eigenvalue weighted by Crippen LogP contribution is -2.18. The molecule has 1 saturated heterocycles. The standard InChI is InChI=1S/C16H20O3S2/c1-11-3-5-13(6-4-11)8-19-16(18)14-7-15(21-9-14)10-20-12(2)17/h3-6,14-15H,7-10H2,1-2H3/t14-,15+/m0/s1. The SMILES string of the molecule is CC(=O)SC[C@H]1C[C@H](C(=O)OCc2ccc(C)cc2)CS1. The van der Waals surface area contributed by atoms with Crippen LogP contribution in [0.4, 0.5) is 0 Å². The van der Waals surface area contributed by atoms with Gasteiger partial charge in [-0.1, -0.05) is 41.6 Å². The number of carbonyl (C=O) groups excluding carboxylic acids is 2. The zero-order chi connectivity index (χ0) is 15.2. The molecule has 2 rings (SSSR count). The molecule has 0 saturated carbocycles. The van der Waals surface area contributed by atoms with E-state index < -0.39 is 0 Å². The van der Waals surface area contributed by atoms with Gasteiger partial charge in [0.05, 0.1) is 5.92 Å². The number of ether oxygens (including phenoxy) is 1. The molecule has 1 aromatic rings. The number of carbonyl (C=O) groups is 2. The van der Waals surface area contributed by atoms with Gasteiger partial charge in [0.25, 0.3) is 0 Å². The summed E-state index contributed by atoms with van der Waals surface area (Å²) in [5, 5.41) is 0.525. The first-order valence-corrected chi connectivity index (χ1v) is 9.05. The summed E-state index contributed by atoms with van der Waals surface area (Å²) in [6.45, 7) is 3.95. The van der Waals surface area contributed by atoms with E-state index in [9.17, 15) is 9.59 Å². The molecule has 0 unspecified atom stereocenters. The number of rotatable bonds is 5. The molecule has 0 radical (unpaired) electrons. The molecule has 21 heavy (non-hydrogen) atoms. The van der Waals surface area contributed by atoms with Crippen LogP contribution in [0, 0.1) is 12.8 Å². The average Bonchev–Trinajstić information content (AvgIpc) is 2.93. The Hall–Kier alpha value is -0.940. The van der Waals surface area contributed by atoms with Gasteiger partial charge >= 0.3 is 5.97 Å². The fourth-order valence-electron chi connectivity index (χ4n) is 2.15. The third-order valence-corrected chi connectivity index (χ3v) is 6.00. The summed E-state index contributed by atoms with van der Waals surface area (Å²) in [5.74, 6) is 1.45. The molecule has 2 atom stereocenters. The maximum atomic E-state index is 12.1. The summed E-state index contributed by atoms with van der Waals surface area (Å²) in [7, 11) is 0. The normalized spacial score (nSPS) is 21.2. The van der Waals surface area contributed by atoms with Crippen molar-refractivity contribution in [2.45, 2.75) is 32.1 Å². The van der Waals surface area contributed by atoms with Crippen LogP contribution in [-0.2, 0) is 20.9 Å². The van der Waals surface area contributed by atoms with Crippen molar-refractivity contribution in [2.75, 3.05) is 11.5 Å². The van der Waals surface area contributed by atoms with Crippen LogP contribution in [0.2, 0.25) is 0 Å². The summed E-state index contributed by atoms with van der Waals surface area (Å²) >= 11 is 3.11. The van der Waals surface area contributed by atoms with Crippen molar-refractivity contribution in [3.05, 3.63) is 35.4 Å². The van der Waals surface area contributed by atoms with E-state index in [4.69, 9.17) is 4.74 Å². The smallest absolute Gasteiger partial charge is 0.310 e. The third kappa shape index (κ3) is 5.40. The molecule has 0 amide bonds. The number of hydrogen-bond acceptors (Lipinski definition) is 5. The van der Waals surface area contributed by atoms with Gasteiger partial charge in [0, 0.05) is 23.7 Å². The number of aryl methyl sites for hydroxylation is 1. The van der Waals surface area contributed by atoms with E-state index >= 15 is 0 Å². The first-order chi connectivity index (χ1) is 10.0. The molecule has 1 heterocycles. The molecular weight excluding hydrogens is 304 g/mol. The molecule has 0 bridgehead atoms. The topological polar surface area (TPSA) is 43.4 Å². The minimum atomic E-state index is -0.113. The Labute approximate surface area is 134 Å². The molecule has 114 valence electrons. The van der Waals surface area contributed by atoms with E-state index in [0.29, 0.717) is 11.9 Å². The molecule has 0 aromatic heterocycles. The van der Waals surface area contributed by atoms with Gasteiger partial charge in [-0.25, -0.2) is 0 Å². The molecule has 3 nitrogen and oxygen atoms in total. The van der Waals surface area contributed by atoms with Gasteiger partial charge in [0.1, 0.15) is 6.61 Å². The second-order valence-corrected chi connectivity index (χ2v) is 7.81. The zero-order valence-electron chi connectivity index (χ0n) is 12.3. The van der Waals surface area contributed by atoms with E-state index in [1.807, 2.05) is 31.2 Å². The first kappa shape index (κ1) is 16.4. The van der Waals surface area contributed by atoms with Gasteiger partial charge in [0.2, 0.25) is 0 Å². The molecule has 1 aromatic carbocycles. The van der Waals surface area contributed by atoms with Crippen molar-refractivity contribution in [3.63, 3.8) is 0 Å². The van der Waals surface area contributed by atoms with Crippen LogP contribution in [0.5, 0.6) is 0 Å². The van der Waals surface area contributed by atoms with Crippen LogP contribution < -0.4 is 0 Å². The third-order valence-electron chi connectivity index (χ3n) is 3.39. The number of esters is 1. The van der Waals surface area contributed by atoms with Gasteiger partial charge in [-0.3, -0.25) is 9.59 Å². The Balaban J connectivity index is 1.74. The Kier molecular flexibility index (Phi) is 6.18.